The number of nitrogens with zero attached hydrogens (tertiary/aromatic N) is 2. The number of phenolic OH excluding ortho intramolecular Hbond substituents is 1. The Morgan fingerprint density at radius 3 is 2.31 bits per heavy atom. The van der Waals surface area contributed by atoms with Crippen molar-refractivity contribution in [3.8, 4) is 17.2 Å². The van der Waals surface area contributed by atoms with E-state index in [-0.39, 0.29) is 12.5 Å². The largest absolute Gasteiger partial charge is 0.507 e. The molecule has 2 aromatic carbocycles. The number of benzene rings is 2. The molecule has 1 fully saturated rings. The number of ether oxygens (including phenoxy) is 2. The van der Waals surface area contributed by atoms with E-state index in [1.54, 1.807) is 42.5 Å². The van der Waals surface area contributed by atoms with Crippen molar-refractivity contribution in [3.05, 3.63) is 48.0 Å². The van der Waals surface area contributed by atoms with Crippen LogP contribution in [0.3, 0.4) is 0 Å². The van der Waals surface area contributed by atoms with Crippen LogP contribution in [-0.2, 0) is 16.6 Å². The Labute approximate surface area is 152 Å². The van der Waals surface area contributed by atoms with Gasteiger partial charge in [0, 0.05) is 44.4 Å². The van der Waals surface area contributed by atoms with Gasteiger partial charge in [0.1, 0.15) is 5.75 Å². The highest BCUT2D eigenvalue weighted by Crippen LogP contribution is 2.38. The second-order valence-corrected chi connectivity index (χ2v) is 8.27. The quantitative estimate of drug-likeness (QED) is 0.874. The van der Waals surface area contributed by atoms with Gasteiger partial charge in [0.15, 0.2) is 11.5 Å². The maximum atomic E-state index is 12.7. The Morgan fingerprint density at radius 2 is 1.62 bits per heavy atom. The van der Waals surface area contributed by atoms with Gasteiger partial charge in [-0.1, -0.05) is 18.2 Å². The predicted octanol–water partition coefficient (Wildman–Crippen LogP) is 1.63. The molecule has 7 nitrogen and oxygen atoms in total. The molecule has 4 rings (SSSR count). The Kier molecular flexibility index (Phi) is 4.47. The molecule has 0 saturated carbocycles. The number of phenols is 1. The van der Waals surface area contributed by atoms with Crippen molar-refractivity contribution in [1.82, 2.24) is 9.21 Å². The fraction of sp³-hybridized carbons (Fsp3) is 0.333. The second kappa shape index (κ2) is 6.79. The summed E-state index contributed by atoms with van der Waals surface area (Å²) in [5, 5.41) is 10.2. The minimum Gasteiger partial charge on any atom is -0.507 e. The number of hydrogen-bond acceptors (Lipinski definition) is 6. The molecular formula is C18H20N2O5S. The number of rotatable bonds is 4. The van der Waals surface area contributed by atoms with Crippen molar-refractivity contribution in [3.63, 3.8) is 0 Å². The topological polar surface area (TPSA) is 79.3 Å². The molecule has 1 N–H and O–H groups in total. The molecule has 2 aliphatic heterocycles. The van der Waals surface area contributed by atoms with E-state index in [1.807, 2.05) is 0 Å². The van der Waals surface area contributed by atoms with Crippen LogP contribution < -0.4 is 9.47 Å². The Hall–Kier alpha value is -2.29. The van der Waals surface area contributed by atoms with Crippen LogP contribution in [0.1, 0.15) is 5.56 Å². The summed E-state index contributed by atoms with van der Waals surface area (Å²) in [6, 6.07) is 11.8. The first kappa shape index (κ1) is 17.1. The van der Waals surface area contributed by atoms with Crippen LogP contribution in [0.2, 0.25) is 0 Å². The molecule has 26 heavy (non-hydrogen) atoms. The lowest BCUT2D eigenvalue weighted by atomic mass is 10.1. The first-order valence-electron chi connectivity index (χ1n) is 8.43. The summed E-state index contributed by atoms with van der Waals surface area (Å²) >= 11 is 0. The Bertz CT molecular complexity index is 893. The molecule has 0 aromatic heterocycles. The van der Waals surface area contributed by atoms with E-state index in [1.165, 1.54) is 4.31 Å². The van der Waals surface area contributed by atoms with Crippen molar-refractivity contribution < 1.29 is 23.0 Å². The van der Waals surface area contributed by atoms with Crippen molar-refractivity contribution in [2.75, 3.05) is 33.0 Å². The zero-order chi connectivity index (χ0) is 18.1. The minimum atomic E-state index is -3.45. The molecule has 0 spiro atoms. The third kappa shape index (κ3) is 3.23. The van der Waals surface area contributed by atoms with Gasteiger partial charge in [0.25, 0.3) is 0 Å². The van der Waals surface area contributed by atoms with Crippen LogP contribution in [0.5, 0.6) is 17.2 Å². The van der Waals surface area contributed by atoms with Crippen LogP contribution in [0.25, 0.3) is 0 Å². The lowest BCUT2D eigenvalue weighted by molar-refractivity contribution is 0.173. The van der Waals surface area contributed by atoms with Crippen LogP contribution in [0.4, 0.5) is 0 Å². The summed E-state index contributed by atoms with van der Waals surface area (Å²) in [7, 11) is -3.45. The van der Waals surface area contributed by atoms with Crippen LogP contribution >= 0.6 is 0 Å². The maximum Gasteiger partial charge on any atom is 0.243 e. The van der Waals surface area contributed by atoms with E-state index in [9.17, 15) is 13.5 Å². The highest BCUT2D eigenvalue weighted by molar-refractivity contribution is 7.89. The predicted molar refractivity (Wildman–Crippen MR) is 94.7 cm³/mol. The van der Waals surface area contributed by atoms with E-state index < -0.39 is 10.0 Å². The lowest BCUT2D eigenvalue weighted by Gasteiger charge is -2.34. The van der Waals surface area contributed by atoms with Crippen molar-refractivity contribution >= 4 is 10.0 Å². The third-order valence-corrected chi connectivity index (χ3v) is 6.59. The molecule has 2 aromatic rings. The zero-order valence-electron chi connectivity index (χ0n) is 14.2. The monoisotopic (exact) mass is 376 g/mol. The highest BCUT2D eigenvalue weighted by atomic mass is 32.2. The smallest absolute Gasteiger partial charge is 0.243 e. The standard InChI is InChI=1S/C18H20N2O5S/c21-16-11-18-17(24-13-25-18)10-14(16)12-19-6-8-20(9-7-19)26(22,23)15-4-2-1-3-5-15/h1-5,10-11,21H,6-9,12-13H2. The van der Waals surface area contributed by atoms with E-state index >= 15 is 0 Å². The fourth-order valence-corrected chi connectivity index (χ4v) is 4.65. The summed E-state index contributed by atoms with van der Waals surface area (Å²) in [4.78, 5) is 2.44. The molecule has 0 aliphatic carbocycles. The zero-order valence-corrected chi connectivity index (χ0v) is 15.0. The van der Waals surface area contributed by atoms with E-state index in [4.69, 9.17) is 9.47 Å². The molecule has 0 radical (unpaired) electrons. The number of fused-ring (bicyclic) bond motifs is 1. The summed E-state index contributed by atoms with van der Waals surface area (Å²) in [5.74, 6) is 1.33. The van der Waals surface area contributed by atoms with Gasteiger partial charge in [-0.3, -0.25) is 4.90 Å². The van der Waals surface area contributed by atoms with Gasteiger partial charge in [-0.05, 0) is 18.2 Å². The minimum absolute atomic E-state index is 0.161. The first-order valence-corrected chi connectivity index (χ1v) is 9.87. The van der Waals surface area contributed by atoms with Crippen LogP contribution in [0.15, 0.2) is 47.4 Å². The summed E-state index contributed by atoms with van der Waals surface area (Å²) in [5.41, 5.74) is 0.744. The molecule has 0 amide bonds. The number of piperazine rings is 1. The maximum absolute atomic E-state index is 12.7. The molecule has 2 aliphatic rings. The van der Waals surface area contributed by atoms with Gasteiger partial charge in [-0.15, -0.1) is 0 Å². The molecule has 138 valence electrons. The van der Waals surface area contributed by atoms with Crippen LogP contribution in [0, 0.1) is 0 Å². The van der Waals surface area contributed by atoms with Crippen molar-refractivity contribution in [2.45, 2.75) is 11.4 Å². The van der Waals surface area contributed by atoms with Crippen molar-refractivity contribution in [1.29, 1.82) is 0 Å². The highest BCUT2D eigenvalue weighted by Gasteiger charge is 2.29. The summed E-state index contributed by atoms with van der Waals surface area (Å²) in [6.07, 6.45) is 0. The molecule has 1 saturated heterocycles. The van der Waals surface area contributed by atoms with E-state index in [2.05, 4.69) is 4.90 Å². The van der Waals surface area contributed by atoms with E-state index in [0.717, 1.165) is 5.56 Å². The number of aromatic hydroxyl groups is 1. The Balaban J connectivity index is 1.42. The number of hydrogen-bond donors (Lipinski definition) is 1. The van der Waals surface area contributed by atoms with Crippen molar-refractivity contribution in [2.24, 2.45) is 0 Å². The summed E-state index contributed by atoms with van der Waals surface area (Å²) in [6.45, 7) is 2.72. The average molecular weight is 376 g/mol. The van der Waals surface area contributed by atoms with Gasteiger partial charge < -0.3 is 14.6 Å². The first-order chi connectivity index (χ1) is 12.5. The molecule has 0 bridgehead atoms. The van der Waals surface area contributed by atoms with Gasteiger partial charge in [-0.2, -0.15) is 4.31 Å². The molecular weight excluding hydrogens is 356 g/mol. The van der Waals surface area contributed by atoms with Crippen LogP contribution in [-0.4, -0.2) is 55.7 Å². The molecule has 0 atom stereocenters. The van der Waals surface area contributed by atoms with Gasteiger partial charge >= 0.3 is 0 Å². The van der Waals surface area contributed by atoms with E-state index in [0.29, 0.717) is 49.1 Å². The molecule has 8 heteroatoms. The van der Waals surface area contributed by atoms with Gasteiger partial charge in [0.05, 0.1) is 4.90 Å². The molecule has 2 heterocycles. The average Bonchev–Trinajstić information content (AvgIpc) is 3.10. The normalized spacial score (nSPS) is 18.2. The van der Waals surface area contributed by atoms with Gasteiger partial charge in [0.2, 0.25) is 16.8 Å². The second-order valence-electron chi connectivity index (χ2n) is 6.33. The Morgan fingerprint density at radius 1 is 0.962 bits per heavy atom. The molecule has 0 unspecified atom stereocenters. The SMILES string of the molecule is O=S(=O)(c1ccccc1)N1CCN(Cc2cc3c(cc2O)OCO3)CC1. The number of sulfonamides is 1. The fourth-order valence-electron chi connectivity index (χ4n) is 3.21. The third-order valence-electron chi connectivity index (χ3n) is 4.68. The summed E-state index contributed by atoms with van der Waals surface area (Å²) < 4.78 is 37.5. The van der Waals surface area contributed by atoms with Gasteiger partial charge in [-0.25, -0.2) is 8.42 Å². The lowest BCUT2D eigenvalue weighted by Crippen LogP contribution is -2.48.